The minimum Gasteiger partial charge on any atom is -0.337 e. The fourth-order valence-corrected chi connectivity index (χ4v) is 4.51. The highest BCUT2D eigenvalue weighted by molar-refractivity contribution is 9.10. The molecule has 0 N–H and O–H groups in total. The van der Waals surface area contributed by atoms with Crippen molar-refractivity contribution in [3.05, 3.63) is 86.9 Å². The lowest BCUT2D eigenvalue weighted by Crippen LogP contribution is -2.17. The van der Waals surface area contributed by atoms with Gasteiger partial charge in [0.1, 0.15) is 0 Å². The molecule has 4 rings (SSSR count). The van der Waals surface area contributed by atoms with Gasteiger partial charge in [0.2, 0.25) is 0 Å². The van der Waals surface area contributed by atoms with Crippen molar-refractivity contribution in [2.75, 3.05) is 0 Å². The number of halogens is 2. The Balaban J connectivity index is 1.72. The number of hydrogen-bond acceptors (Lipinski definition) is 3. The highest BCUT2D eigenvalue weighted by Gasteiger charge is 2.09. The van der Waals surface area contributed by atoms with Crippen molar-refractivity contribution >= 4 is 44.6 Å². The summed E-state index contributed by atoms with van der Waals surface area (Å²) in [6.45, 7) is 1.76. The van der Waals surface area contributed by atoms with Gasteiger partial charge in [0, 0.05) is 40.9 Å². The Morgan fingerprint density at radius 3 is 2.79 bits per heavy atom. The van der Waals surface area contributed by atoms with Gasteiger partial charge in [0.15, 0.2) is 4.80 Å². The van der Waals surface area contributed by atoms with Gasteiger partial charge in [-0.25, -0.2) is 9.98 Å². The summed E-state index contributed by atoms with van der Waals surface area (Å²) in [4.78, 5) is 9.90. The Kier molecular flexibility index (Phi) is 6.10. The van der Waals surface area contributed by atoms with Crippen molar-refractivity contribution in [2.24, 2.45) is 4.99 Å². The first-order valence-electron chi connectivity index (χ1n) is 8.90. The van der Waals surface area contributed by atoms with Crippen LogP contribution in [0.1, 0.15) is 6.42 Å². The molecular weight excluding hydrogens is 456 g/mol. The zero-order valence-electron chi connectivity index (χ0n) is 15.0. The minimum atomic E-state index is 0.657. The Morgan fingerprint density at radius 2 is 2.00 bits per heavy atom. The Morgan fingerprint density at radius 1 is 1.11 bits per heavy atom. The van der Waals surface area contributed by atoms with Crippen molar-refractivity contribution < 1.29 is 0 Å². The molecule has 28 heavy (non-hydrogen) atoms. The Hall–Kier alpha value is -2.15. The molecule has 0 radical (unpaired) electrons. The molecule has 7 heteroatoms. The summed E-state index contributed by atoms with van der Waals surface area (Å²) in [5, 5.41) is 2.82. The minimum absolute atomic E-state index is 0.657. The first-order valence-corrected chi connectivity index (χ1v) is 10.9. The molecule has 2 aromatic carbocycles. The lowest BCUT2D eigenvalue weighted by Gasteiger charge is -2.10. The molecule has 0 aliphatic heterocycles. The number of benzene rings is 2. The third kappa shape index (κ3) is 4.46. The van der Waals surface area contributed by atoms with Crippen molar-refractivity contribution in [1.29, 1.82) is 0 Å². The molecule has 4 aromatic rings. The van der Waals surface area contributed by atoms with Gasteiger partial charge in [-0.3, -0.25) is 0 Å². The molecule has 0 bridgehead atoms. The molecule has 0 fully saturated rings. The number of imidazole rings is 1. The first kappa shape index (κ1) is 19.2. The van der Waals surface area contributed by atoms with Crippen LogP contribution >= 0.6 is 38.9 Å². The van der Waals surface area contributed by atoms with E-state index in [1.54, 1.807) is 11.3 Å². The fraction of sp³-hybridized carbons (Fsp3) is 0.143. The van der Waals surface area contributed by atoms with Crippen LogP contribution in [-0.2, 0) is 13.1 Å². The highest BCUT2D eigenvalue weighted by Crippen LogP contribution is 2.26. The van der Waals surface area contributed by atoms with E-state index in [1.807, 2.05) is 49.1 Å². The standard InChI is InChI=1S/C21H18BrClN4S/c22-17-6-3-5-16(13-17)20-14-28-21(25-19-8-2-1-7-18(19)23)27(20)11-4-10-26-12-9-24-15-26/h1-3,5-9,12-15H,4,10-11H2. The normalized spacial score (nSPS) is 11.9. The van der Waals surface area contributed by atoms with E-state index < -0.39 is 0 Å². The molecule has 0 aliphatic carbocycles. The van der Waals surface area contributed by atoms with Crippen LogP contribution in [0.4, 0.5) is 5.69 Å². The molecule has 0 aliphatic rings. The van der Waals surface area contributed by atoms with E-state index >= 15 is 0 Å². The van der Waals surface area contributed by atoms with Crippen LogP contribution in [0.3, 0.4) is 0 Å². The zero-order valence-corrected chi connectivity index (χ0v) is 18.2. The average Bonchev–Trinajstić information content (AvgIpc) is 3.34. The molecule has 142 valence electrons. The third-order valence-electron chi connectivity index (χ3n) is 4.34. The number of aryl methyl sites for hydroxylation is 1. The maximum atomic E-state index is 6.33. The number of thiazole rings is 1. The average molecular weight is 474 g/mol. The topological polar surface area (TPSA) is 35.1 Å². The molecule has 0 atom stereocenters. The SMILES string of the molecule is Clc1ccccc1N=c1scc(-c2cccc(Br)c2)n1CCCn1ccnc1. The van der Waals surface area contributed by atoms with Gasteiger partial charge in [-0.2, -0.15) is 0 Å². The highest BCUT2D eigenvalue weighted by atomic mass is 79.9. The fourth-order valence-electron chi connectivity index (χ4n) is 2.99. The summed E-state index contributed by atoms with van der Waals surface area (Å²) < 4.78 is 5.43. The van der Waals surface area contributed by atoms with Crippen molar-refractivity contribution in [3.8, 4) is 11.3 Å². The molecule has 0 amide bonds. The molecule has 0 spiro atoms. The number of aromatic nitrogens is 3. The van der Waals surface area contributed by atoms with Gasteiger partial charge >= 0.3 is 0 Å². The summed E-state index contributed by atoms with van der Waals surface area (Å²) in [5.41, 5.74) is 3.10. The maximum Gasteiger partial charge on any atom is 0.190 e. The second-order valence-electron chi connectivity index (χ2n) is 6.28. The first-order chi connectivity index (χ1) is 13.7. The number of rotatable bonds is 6. The quantitative estimate of drug-likeness (QED) is 0.331. The molecule has 0 unspecified atom stereocenters. The predicted molar refractivity (Wildman–Crippen MR) is 119 cm³/mol. The number of para-hydroxylation sites is 1. The molecule has 0 saturated heterocycles. The summed E-state index contributed by atoms with van der Waals surface area (Å²) in [6.07, 6.45) is 6.62. The lowest BCUT2D eigenvalue weighted by atomic mass is 10.2. The van der Waals surface area contributed by atoms with Gasteiger partial charge in [-0.1, -0.05) is 51.8 Å². The number of hydrogen-bond donors (Lipinski definition) is 0. The van der Waals surface area contributed by atoms with Gasteiger partial charge in [-0.05, 0) is 30.7 Å². The van der Waals surface area contributed by atoms with E-state index in [4.69, 9.17) is 16.6 Å². The van der Waals surface area contributed by atoms with E-state index in [1.165, 1.54) is 0 Å². The van der Waals surface area contributed by atoms with Crippen molar-refractivity contribution in [1.82, 2.24) is 14.1 Å². The van der Waals surface area contributed by atoms with Crippen LogP contribution in [0.5, 0.6) is 0 Å². The molecule has 2 aromatic heterocycles. The van der Waals surface area contributed by atoms with Gasteiger partial charge < -0.3 is 9.13 Å². The smallest absolute Gasteiger partial charge is 0.190 e. The summed E-state index contributed by atoms with van der Waals surface area (Å²) in [5.74, 6) is 0. The second kappa shape index (κ2) is 8.90. The van der Waals surface area contributed by atoms with Crippen LogP contribution < -0.4 is 4.80 Å². The maximum absolute atomic E-state index is 6.33. The van der Waals surface area contributed by atoms with E-state index in [-0.39, 0.29) is 0 Å². The zero-order chi connectivity index (χ0) is 19.3. The number of nitrogens with zero attached hydrogens (tertiary/aromatic N) is 4. The van der Waals surface area contributed by atoms with E-state index in [9.17, 15) is 0 Å². The van der Waals surface area contributed by atoms with Crippen molar-refractivity contribution in [2.45, 2.75) is 19.5 Å². The van der Waals surface area contributed by atoms with Crippen LogP contribution in [-0.4, -0.2) is 14.1 Å². The monoisotopic (exact) mass is 472 g/mol. The summed E-state index contributed by atoms with van der Waals surface area (Å²) in [7, 11) is 0. The van der Waals surface area contributed by atoms with Crippen molar-refractivity contribution in [3.63, 3.8) is 0 Å². The molecule has 2 heterocycles. The van der Waals surface area contributed by atoms with E-state index in [2.05, 4.69) is 53.6 Å². The van der Waals surface area contributed by atoms with Crippen LogP contribution in [0.2, 0.25) is 5.02 Å². The van der Waals surface area contributed by atoms with Gasteiger partial charge in [0.05, 0.1) is 22.7 Å². The summed E-state index contributed by atoms with van der Waals surface area (Å²) >= 11 is 11.5. The summed E-state index contributed by atoms with van der Waals surface area (Å²) in [6, 6.07) is 16.0. The van der Waals surface area contributed by atoms with Crippen LogP contribution in [0, 0.1) is 0 Å². The molecule has 4 nitrogen and oxygen atoms in total. The van der Waals surface area contributed by atoms with E-state index in [0.29, 0.717) is 5.02 Å². The van der Waals surface area contributed by atoms with E-state index in [0.717, 1.165) is 45.7 Å². The Labute approximate surface area is 180 Å². The molecular formula is C21H18BrClN4S. The lowest BCUT2D eigenvalue weighted by molar-refractivity contribution is 0.559. The Bertz CT molecular complexity index is 1130. The van der Waals surface area contributed by atoms with Gasteiger partial charge in [0.25, 0.3) is 0 Å². The van der Waals surface area contributed by atoms with Gasteiger partial charge in [-0.15, -0.1) is 11.3 Å². The third-order valence-corrected chi connectivity index (χ3v) is 6.02. The second-order valence-corrected chi connectivity index (χ2v) is 8.44. The molecule has 0 saturated carbocycles. The van der Waals surface area contributed by atoms with Crippen LogP contribution in [0.15, 0.2) is 82.1 Å². The van der Waals surface area contributed by atoms with Crippen LogP contribution in [0.25, 0.3) is 11.3 Å². The predicted octanol–water partition coefficient (Wildman–Crippen LogP) is 6.15. The largest absolute Gasteiger partial charge is 0.337 e.